The van der Waals surface area contributed by atoms with Crippen molar-refractivity contribution in [1.29, 1.82) is 0 Å². The summed E-state index contributed by atoms with van der Waals surface area (Å²) in [5.74, 6) is 2.18. The van der Waals surface area contributed by atoms with Crippen molar-refractivity contribution in [3.63, 3.8) is 0 Å². The summed E-state index contributed by atoms with van der Waals surface area (Å²) in [6.07, 6.45) is 30.6. The highest BCUT2D eigenvalue weighted by Gasteiger charge is 2.16. The third-order valence-electron chi connectivity index (χ3n) is 8.02. The van der Waals surface area contributed by atoms with Crippen LogP contribution in [0.25, 0.3) is 0 Å². The number of unbranched alkanes of at least 4 members (excludes halogenated alkanes) is 21. The Balaban J connectivity index is 2.60. The third kappa shape index (κ3) is 21.0. The SMILES string of the molecule is CCCCCCCCCCOc1cc(CO)cc(OCCCCCCCCCC)c1OCCCCCCCCCC. The second-order valence-electron chi connectivity index (χ2n) is 12.0. The Morgan fingerprint density at radius 2 is 0.707 bits per heavy atom. The van der Waals surface area contributed by atoms with Gasteiger partial charge < -0.3 is 19.3 Å². The molecule has 0 radical (unpaired) electrons. The second kappa shape index (κ2) is 28.7. The minimum Gasteiger partial charge on any atom is -0.490 e. The second-order valence-corrected chi connectivity index (χ2v) is 12.0. The topological polar surface area (TPSA) is 47.9 Å². The fraction of sp³-hybridized carbons (Fsp3) is 0.838. The Kier molecular flexibility index (Phi) is 26.3. The monoisotopic (exact) mass is 577 g/mol. The molecule has 1 aromatic carbocycles. The summed E-state index contributed by atoms with van der Waals surface area (Å²) in [6.45, 7) is 8.81. The molecule has 0 aliphatic heterocycles. The van der Waals surface area contributed by atoms with Crippen LogP contribution in [0.15, 0.2) is 12.1 Å². The van der Waals surface area contributed by atoms with Gasteiger partial charge in [-0.05, 0) is 37.0 Å². The van der Waals surface area contributed by atoms with Crippen LogP contribution in [0, 0.1) is 0 Å². The first-order valence-electron chi connectivity index (χ1n) is 17.9. The molecule has 4 heteroatoms. The van der Waals surface area contributed by atoms with E-state index in [4.69, 9.17) is 14.2 Å². The zero-order valence-corrected chi connectivity index (χ0v) is 27.6. The number of aliphatic hydroxyl groups excluding tert-OH is 1. The summed E-state index contributed by atoms with van der Waals surface area (Å²) in [7, 11) is 0. The molecule has 0 aliphatic carbocycles. The largest absolute Gasteiger partial charge is 0.490 e. The summed E-state index contributed by atoms with van der Waals surface area (Å²) < 4.78 is 18.9. The first-order valence-corrected chi connectivity index (χ1v) is 17.9. The third-order valence-corrected chi connectivity index (χ3v) is 8.02. The highest BCUT2D eigenvalue weighted by molar-refractivity contribution is 5.54. The van der Waals surface area contributed by atoms with Crippen molar-refractivity contribution in [2.24, 2.45) is 0 Å². The van der Waals surface area contributed by atoms with Gasteiger partial charge >= 0.3 is 0 Å². The summed E-state index contributed by atoms with van der Waals surface area (Å²) in [5, 5.41) is 9.94. The van der Waals surface area contributed by atoms with E-state index in [0.29, 0.717) is 19.8 Å². The van der Waals surface area contributed by atoms with Gasteiger partial charge in [0.2, 0.25) is 5.75 Å². The van der Waals surface area contributed by atoms with Gasteiger partial charge in [-0.25, -0.2) is 0 Å². The molecule has 0 aromatic heterocycles. The number of aliphatic hydroxyl groups is 1. The van der Waals surface area contributed by atoms with Crippen LogP contribution in [0.1, 0.15) is 180 Å². The number of ether oxygens (including phenoxy) is 3. The quantitative estimate of drug-likeness (QED) is 0.0893. The van der Waals surface area contributed by atoms with E-state index in [-0.39, 0.29) is 6.61 Å². The van der Waals surface area contributed by atoms with Gasteiger partial charge in [-0.15, -0.1) is 0 Å². The number of hydrogen-bond donors (Lipinski definition) is 1. The smallest absolute Gasteiger partial charge is 0.203 e. The van der Waals surface area contributed by atoms with E-state index in [0.717, 1.165) is 42.1 Å². The van der Waals surface area contributed by atoms with E-state index in [1.54, 1.807) is 0 Å². The molecule has 0 atom stereocenters. The predicted molar refractivity (Wildman–Crippen MR) is 177 cm³/mol. The van der Waals surface area contributed by atoms with Crippen LogP contribution >= 0.6 is 0 Å². The van der Waals surface area contributed by atoms with Gasteiger partial charge in [-0.2, -0.15) is 0 Å². The number of rotatable bonds is 31. The first-order chi connectivity index (χ1) is 20.3. The van der Waals surface area contributed by atoms with E-state index in [1.165, 1.54) is 135 Å². The molecule has 4 nitrogen and oxygen atoms in total. The molecule has 0 aliphatic rings. The van der Waals surface area contributed by atoms with Gasteiger partial charge in [-0.3, -0.25) is 0 Å². The Morgan fingerprint density at radius 1 is 0.415 bits per heavy atom. The lowest BCUT2D eigenvalue weighted by Crippen LogP contribution is -2.07. The van der Waals surface area contributed by atoms with E-state index < -0.39 is 0 Å². The van der Waals surface area contributed by atoms with E-state index >= 15 is 0 Å². The summed E-state index contributed by atoms with van der Waals surface area (Å²) in [6, 6.07) is 3.88. The average molecular weight is 577 g/mol. The maximum absolute atomic E-state index is 9.94. The molecule has 240 valence electrons. The summed E-state index contributed by atoms with van der Waals surface area (Å²) >= 11 is 0. The molecule has 0 bridgehead atoms. The molecule has 0 heterocycles. The van der Waals surface area contributed by atoms with Crippen LogP contribution in [0.5, 0.6) is 17.2 Å². The fourth-order valence-electron chi connectivity index (χ4n) is 5.33. The van der Waals surface area contributed by atoms with Crippen molar-refractivity contribution in [2.45, 2.75) is 181 Å². The number of hydrogen-bond acceptors (Lipinski definition) is 4. The van der Waals surface area contributed by atoms with Crippen LogP contribution < -0.4 is 14.2 Å². The molecule has 1 aromatic rings. The van der Waals surface area contributed by atoms with Crippen molar-refractivity contribution < 1.29 is 19.3 Å². The fourth-order valence-corrected chi connectivity index (χ4v) is 5.33. The Labute approximate surface area is 255 Å². The number of benzene rings is 1. The van der Waals surface area contributed by atoms with Crippen LogP contribution in [0.2, 0.25) is 0 Å². The van der Waals surface area contributed by atoms with Crippen LogP contribution in [0.4, 0.5) is 0 Å². The first kappa shape index (κ1) is 37.6. The average Bonchev–Trinajstić information content (AvgIpc) is 2.99. The van der Waals surface area contributed by atoms with Gasteiger partial charge in [-0.1, -0.05) is 156 Å². The van der Waals surface area contributed by atoms with Crippen molar-refractivity contribution in [3.05, 3.63) is 17.7 Å². The maximum Gasteiger partial charge on any atom is 0.203 e. The maximum atomic E-state index is 9.94. The summed E-state index contributed by atoms with van der Waals surface area (Å²) in [5.41, 5.74) is 0.821. The minimum atomic E-state index is -0.0272. The highest BCUT2D eigenvalue weighted by Crippen LogP contribution is 2.39. The van der Waals surface area contributed by atoms with Gasteiger partial charge in [0.05, 0.1) is 26.4 Å². The zero-order chi connectivity index (χ0) is 29.6. The Bertz CT molecular complexity index is 647. The van der Waals surface area contributed by atoms with Crippen LogP contribution in [0.3, 0.4) is 0 Å². The Hall–Kier alpha value is -1.42. The van der Waals surface area contributed by atoms with E-state index in [2.05, 4.69) is 20.8 Å². The van der Waals surface area contributed by atoms with Gasteiger partial charge in [0.25, 0.3) is 0 Å². The molecule has 0 saturated carbocycles. The summed E-state index contributed by atoms with van der Waals surface area (Å²) in [4.78, 5) is 0. The van der Waals surface area contributed by atoms with Gasteiger partial charge in [0, 0.05) is 0 Å². The lowest BCUT2D eigenvalue weighted by molar-refractivity contribution is 0.231. The lowest BCUT2D eigenvalue weighted by Gasteiger charge is -2.18. The normalized spacial score (nSPS) is 11.2. The molecule has 1 N–H and O–H groups in total. The van der Waals surface area contributed by atoms with Crippen LogP contribution in [-0.4, -0.2) is 24.9 Å². The molecular formula is C37H68O4. The van der Waals surface area contributed by atoms with Crippen molar-refractivity contribution >= 4 is 0 Å². The molecular weight excluding hydrogens is 508 g/mol. The molecule has 1 rings (SSSR count). The van der Waals surface area contributed by atoms with Crippen molar-refractivity contribution in [2.75, 3.05) is 19.8 Å². The Morgan fingerprint density at radius 3 is 1.02 bits per heavy atom. The minimum absolute atomic E-state index is 0.0272. The van der Waals surface area contributed by atoms with Gasteiger partial charge in [0.15, 0.2) is 11.5 Å². The molecule has 41 heavy (non-hydrogen) atoms. The van der Waals surface area contributed by atoms with Crippen LogP contribution in [-0.2, 0) is 6.61 Å². The lowest BCUT2D eigenvalue weighted by atomic mass is 10.1. The standard InChI is InChI=1S/C37H68O4/c1-4-7-10-13-16-19-22-25-28-39-35-31-34(33-38)32-36(40-29-26-23-20-17-14-11-8-5-2)37(35)41-30-27-24-21-18-15-12-9-6-3/h31-32,38H,4-30,33H2,1-3H3. The molecule has 0 saturated heterocycles. The van der Waals surface area contributed by atoms with E-state index in [1.807, 2.05) is 12.1 Å². The zero-order valence-electron chi connectivity index (χ0n) is 27.6. The molecule has 0 fully saturated rings. The van der Waals surface area contributed by atoms with E-state index in [9.17, 15) is 5.11 Å². The predicted octanol–water partition coefficient (Wildman–Crippen LogP) is 11.7. The van der Waals surface area contributed by atoms with Crippen molar-refractivity contribution in [3.8, 4) is 17.2 Å². The van der Waals surface area contributed by atoms with Crippen molar-refractivity contribution in [1.82, 2.24) is 0 Å². The molecule has 0 unspecified atom stereocenters. The van der Waals surface area contributed by atoms with Gasteiger partial charge in [0.1, 0.15) is 0 Å². The molecule has 0 spiro atoms. The molecule has 0 amide bonds. The highest BCUT2D eigenvalue weighted by atomic mass is 16.5.